The molecule has 1 aromatic heterocycles. The molecule has 0 aliphatic rings. The Bertz CT molecular complexity index is 490. The van der Waals surface area contributed by atoms with Gasteiger partial charge in [0.05, 0.1) is 5.88 Å². The first-order valence-electron chi connectivity index (χ1n) is 5.15. The Balaban J connectivity index is 1.93. The van der Waals surface area contributed by atoms with E-state index in [1.807, 2.05) is 30.3 Å². The molecule has 2 rings (SSSR count). The molecule has 0 spiro atoms. The number of carbonyl (C=O) groups excluding carboxylic acids is 1. The van der Waals surface area contributed by atoms with E-state index in [0.717, 1.165) is 5.56 Å². The first-order chi connectivity index (χ1) is 8.29. The molecule has 17 heavy (non-hydrogen) atoms. The van der Waals surface area contributed by atoms with Crippen LogP contribution in [0, 0.1) is 0 Å². The highest BCUT2D eigenvalue weighted by Crippen LogP contribution is 2.12. The molecule has 0 radical (unpaired) electrons. The van der Waals surface area contributed by atoms with Crippen LogP contribution in [0.25, 0.3) is 0 Å². The lowest BCUT2D eigenvalue weighted by Crippen LogP contribution is -2.03. The van der Waals surface area contributed by atoms with Crippen LogP contribution in [0.4, 0.5) is 0 Å². The number of carbonyl (C=O) groups is 1. The van der Waals surface area contributed by atoms with Gasteiger partial charge in [0, 0.05) is 0 Å². The van der Waals surface area contributed by atoms with Crippen LogP contribution in [0.2, 0.25) is 0 Å². The van der Waals surface area contributed by atoms with Crippen LogP contribution in [0.3, 0.4) is 0 Å². The molecule has 0 aliphatic heterocycles. The Kier molecular flexibility index (Phi) is 3.83. The van der Waals surface area contributed by atoms with E-state index in [1.54, 1.807) is 12.1 Å². The van der Waals surface area contributed by atoms with E-state index < -0.39 is 5.97 Å². The van der Waals surface area contributed by atoms with Gasteiger partial charge in [0.25, 0.3) is 0 Å². The number of furan rings is 1. The van der Waals surface area contributed by atoms with Crippen molar-refractivity contribution in [3.8, 4) is 0 Å². The molecule has 1 aromatic carbocycles. The largest absolute Gasteiger partial charge is 0.455 e. The van der Waals surface area contributed by atoms with Crippen molar-refractivity contribution in [2.24, 2.45) is 0 Å². The lowest BCUT2D eigenvalue weighted by Gasteiger charge is -2.02. The van der Waals surface area contributed by atoms with Gasteiger partial charge >= 0.3 is 5.97 Å². The maximum Gasteiger partial charge on any atom is 0.374 e. The van der Waals surface area contributed by atoms with E-state index in [4.69, 9.17) is 20.8 Å². The lowest BCUT2D eigenvalue weighted by atomic mass is 10.2. The van der Waals surface area contributed by atoms with Gasteiger partial charge in [0.1, 0.15) is 12.4 Å². The summed E-state index contributed by atoms with van der Waals surface area (Å²) in [6.45, 7) is 0.233. The first kappa shape index (κ1) is 11.7. The predicted octanol–water partition coefficient (Wildman–Crippen LogP) is 3.38. The fourth-order valence-electron chi connectivity index (χ4n) is 1.35. The smallest absolute Gasteiger partial charge is 0.374 e. The summed E-state index contributed by atoms with van der Waals surface area (Å²) in [5.41, 5.74) is 0.935. The molecule has 1 heterocycles. The highest BCUT2D eigenvalue weighted by Gasteiger charge is 2.12. The SMILES string of the molecule is O=C(OCc1ccccc1)c1ccc(CCl)o1. The average Bonchev–Trinajstić information content (AvgIpc) is 2.86. The lowest BCUT2D eigenvalue weighted by molar-refractivity contribution is 0.0434. The molecule has 0 unspecified atom stereocenters. The number of rotatable bonds is 4. The van der Waals surface area contributed by atoms with Crippen LogP contribution in [0.5, 0.6) is 0 Å². The van der Waals surface area contributed by atoms with Gasteiger partial charge in [-0.3, -0.25) is 0 Å². The Hall–Kier alpha value is -1.74. The van der Waals surface area contributed by atoms with Gasteiger partial charge in [0.2, 0.25) is 5.76 Å². The molecule has 0 saturated carbocycles. The van der Waals surface area contributed by atoms with Crippen LogP contribution in [-0.4, -0.2) is 5.97 Å². The van der Waals surface area contributed by atoms with Crippen molar-refractivity contribution >= 4 is 17.6 Å². The topological polar surface area (TPSA) is 39.4 Å². The number of esters is 1. The summed E-state index contributed by atoms with van der Waals surface area (Å²) in [5, 5.41) is 0. The van der Waals surface area contributed by atoms with Crippen molar-refractivity contribution in [2.45, 2.75) is 12.5 Å². The molecule has 0 bridgehead atoms. The Morgan fingerprint density at radius 3 is 2.59 bits per heavy atom. The zero-order chi connectivity index (χ0) is 12.1. The number of ether oxygens (including phenoxy) is 1. The fourth-order valence-corrected chi connectivity index (χ4v) is 1.50. The van der Waals surface area contributed by atoms with Gasteiger partial charge in [-0.1, -0.05) is 30.3 Å². The maximum atomic E-state index is 11.6. The van der Waals surface area contributed by atoms with Crippen LogP contribution >= 0.6 is 11.6 Å². The van der Waals surface area contributed by atoms with Crippen LogP contribution in [-0.2, 0) is 17.2 Å². The second-order valence-electron chi connectivity index (χ2n) is 3.46. The van der Waals surface area contributed by atoms with E-state index in [2.05, 4.69) is 0 Å². The first-order valence-corrected chi connectivity index (χ1v) is 5.69. The minimum Gasteiger partial charge on any atom is -0.455 e. The molecule has 4 heteroatoms. The van der Waals surface area contributed by atoms with Gasteiger partial charge in [-0.15, -0.1) is 11.6 Å². The third-order valence-corrected chi connectivity index (χ3v) is 2.47. The minimum atomic E-state index is -0.481. The van der Waals surface area contributed by atoms with Gasteiger partial charge in [0.15, 0.2) is 0 Å². The summed E-state index contributed by atoms with van der Waals surface area (Å²) in [6, 6.07) is 12.7. The van der Waals surface area contributed by atoms with E-state index in [-0.39, 0.29) is 18.2 Å². The standard InChI is InChI=1S/C13H11ClO3/c14-8-11-6-7-12(17-11)13(15)16-9-10-4-2-1-3-5-10/h1-7H,8-9H2. The predicted molar refractivity (Wildman–Crippen MR) is 63.8 cm³/mol. The van der Waals surface area contributed by atoms with Crippen molar-refractivity contribution < 1.29 is 13.9 Å². The summed E-state index contributed by atoms with van der Waals surface area (Å²) < 4.78 is 10.3. The summed E-state index contributed by atoms with van der Waals surface area (Å²) in [4.78, 5) is 11.6. The van der Waals surface area contributed by atoms with Crippen molar-refractivity contribution in [3.63, 3.8) is 0 Å². The van der Waals surface area contributed by atoms with Crippen LogP contribution < -0.4 is 0 Å². The van der Waals surface area contributed by atoms with E-state index in [0.29, 0.717) is 5.76 Å². The number of benzene rings is 1. The average molecular weight is 251 g/mol. The van der Waals surface area contributed by atoms with Gasteiger partial charge < -0.3 is 9.15 Å². The molecule has 0 atom stereocenters. The second kappa shape index (κ2) is 5.55. The quantitative estimate of drug-likeness (QED) is 0.617. The minimum absolute atomic E-state index is 0.177. The molecule has 3 nitrogen and oxygen atoms in total. The van der Waals surface area contributed by atoms with Gasteiger partial charge in [-0.2, -0.15) is 0 Å². The summed E-state index contributed by atoms with van der Waals surface area (Å²) in [5.74, 6) is 0.492. The monoisotopic (exact) mass is 250 g/mol. The molecule has 2 aromatic rings. The van der Waals surface area contributed by atoms with E-state index in [9.17, 15) is 4.79 Å². The zero-order valence-electron chi connectivity index (χ0n) is 9.06. The van der Waals surface area contributed by atoms with Crippen LogP contribution in [0.15, 0.2) is 46.9 Å². The van der Waals surface area contributed by atoms with Crippen LogP contribution in [0.1, 0.15) is 21.9 Å². The Morgan fingerprint density at radius 2 is 1.94 bits per heavy atom. The van der Waals surface area contributed by atoms with Crippen molar-refractivity contribution in [2.75, 3.05) is 0 Å². The van der Waals surface area contributed by atoms with Crippen molar-refractivity contribution in [1.29, 1.82) is 0 Å². The highest BCUT2D eigenvalue weighted by atomic mass is 35.5. The summed E-state index contributed by atoms with van der Waals surface area (Å²) in [7, 11) is 0. The third kappa shape index (κ3) is 3.11. The Morgan fingerprint density at radius 1 is 1.18 bits per heavy atom. The highest BCUT2D eigenvalue weighted by molar-refractivity contribution is 6.16. The van der Waals surface area contributed by atoms with Gasteiger partial charge in [-0.25, -0.2) is 4.79 Å². The maximum absolute atomic E-state index is 11.6. The summed E-state index contributed by atoms with van der Waals surface area (Å²) >= 11 is 5.57. The molecule has 0 saturated heterocycles. The molecular formula is C13H11ClO3. The molecule has 0 N–H and O–H groups in total. The normalized spacial score (nSPS) is 10.2. The van der Waals surface area contributed by atoms with Gasteiger partial charge in [-0.05, 0) is 17.7 Å². The molecule has 88 valence electrons. The van der Waals surface area contributed by atoms with Crippen molar-refractivity contribution in [3.05, 3.63) is 59.5 Å². The zero-order valence-corrected chi connectivity index (χ0v) is 9.81. The number of hydrogen-bond donors (Lipinski definition) is 0. The molecule has 0 aliphatic carbocycles. The molecular weight excluding hydrogens is 240 g/mol. The molecule has 0 fully saturated rings. The second-order valence-corrected chi connectivity index (χ2v) is 3.73. The Labute approximate surface area is 104 Å². The number of alkyl halides is 1. The fraction of sp³-hybridized carbons (Fsp3) is 0.154. The molecule has 0 amide bonds. The van der Waals surface area contributed by atoms with Crippen molar-refractivity contribution in [1.82, 2.24) is 0 Å². The third-order valence-electron chi connectivity index (χ3n) is 2.21. The summed E-state index contributed by atoms with van der Waals surface area (Å²) in [6.07, 6.45) is 0. The number of hydrogen-bond acceptors (Lipinski definition) is 3. The number of halogens is 1. The van der Waals surface area contributed by atoms with E-state index in [1.165, 1.54) is 0 Å². The van der Waals surface area contributed by atoms with E-state index >= 15 is 0 Å².